The summed E-state index contributed by atoms with van der Waals surface area (Å²) in [4.78, 5) is 33.6. The van der Waals surface area contributed by atoms with Crippen LogP contribution in [0.25, 0.3) is 0 Å². The lowest BCUT2D eigenvalue weighted by atomic mass is 10.2. The molecule has 0 unspecified atom stereocenters. The first-order valence-electron chi connectivity index (χ1n) is 5.58. The highest BCUT2D eigenvalue weighted by atomic mass is 16.6. The van der Waals surface area contributed by atoms with Crippen molar-refractivity contribution in [3.63, 3.8) is 0 Å². The number of terminal acetylenes is 1. The second kappa shape index (κ2) is 7.26. The molecule has 7 heteroatoms. The number of alkyl carbamates (subject to hydrolysis) is 1. The third-order valence-electron chi connectivity index (χ3n) is 1.77. The summed E-state index contributed by atoms with van der Waals surface area (Å²) in [6.45, 7) is 4.92. The Hall–Kier alpha value is -2.23. The zero-order valence-corrected chi connectivity index (χ0v) is 11.1. The summed E-state index contributed by atoms with van der Waals surface area (Å²) in [7, 11) is 0. The van der Waals surface area contributed by atoms with Gasteiger partial charge < -0.3 is 20.5 Å². The summed E-state index contributed by atoms with van der Waals surface area (Å²) >= 11 is 0. The largest absolute Gasteiger partial charge is 0.480 e. The number of hydrogen-bond donors (Lipinski definition) is 3. The molecule has 0 aliphatic rings. The van der Waals surface area contributed by atoms with Crippen molar-refractivity contribution in [2.24, 2.45) is 0 Å². The quantitative estimate of drug-likeness (QED) is 0.615. The van der Waals surface area contributed by atoms with Gasteiger partial charge in [-0.1, -0.05) is 5.92 Å². The minimum atomic E-state index is -1.37. The highest BCUT2D eigenvalue weighted by Crippen LogP contribution is 2.07. The van der Waals surface area contributed by atoms with Crippen molar-refractivity contribution in [3.05, 3.63) is 0 Å². The van der Waals surface area contributed by atoms with Gasteiger partial charge in [-0.15, -0.1) is 6.42 Å². The molecule has 2 amide bonds. The van der Waals surface area contributed by atoms with Crippen molar-refractivity contribution in [3.8, 4) is 12.3 Å². The molecule has 0 aromatic rings. The maximum atomic E-state index is 11.4. The van der Waals surface area contributed by atoms with Crippen LogP contribution in [-0.2, 0) is 14.3 Å². The number of hydrogen-bond acceptors (Lipinski definition) is 4. The minimum Gasteiger partial charge on any atom is -0.480 e. The van der Waals surface area contributed by atoms with E-state index in [4.69, 9.17) is 16.3 Å². The number of carbonyl (C=O) groups is 3. The number of amides is 2. The Kier molecular flexibility index (Phi) is 6.41. The summed E-state index contributed by atoms with van der Waals surface area (Å²) in [5.41, 5.74) is -0.751. The molecule has 0 aromatic carbocycles. The molecule has 0 bridgehead atoms. The van der Waals surface area contributed by atoms with Crippen molar-refractivity contribution >= 4 is 18.0 Å². The second-order valence-electron chi connectivity index (χ2n) is 4.72. The van der Waals surface area contributed by atoms with Crippen molar-refractivity contribution in [2.75, 3.05) is 6.54 Å². The van der Waals surface area contributed by atoms with Gasteiger partial charge in [0.15, 0.2) is 0 Å². The average Bonchev–Trinajstić information content (AvgIpc) is 2.22. The van der Waals surface area contributed by atoms with Gasteiger partial charge in [-0.25, -0.2) is 9.59 Å². The van der Waals surface area contributed by atoms with Crippen LogP contribution in [-0.4, -0.2) is 41.3 Å². The summed E-state index contributed by atoms with van der Waals surface area (Å²) in [5.74, 6) is 0.282. The monoisotopic (exact) mass is 270 g/mol. The smallest absolute Gasteiger partial charge is 0.408 e. The van der Waals surface area contributed by atoms with E-state index in [0.29, 0.717) is 0 Å². The first kappa shape index (κ1) is 16.8. The molecule has 0 heterocycles. The Morgan fingerprint density at radius 3 is 2.37 bits per heavy atom. The molecular weight excluding hydrogens is 252 g/mol. The molecule has 0 aromatic heterocycles. The SMILES string of the molecule is C#CCNC(=O)C[C@H](NC(=O)OC(C)(C)C)C(=O)O. The van der Waals surface area contributed by atoms with Gasteiger partial charge in [0.2, 0.25) is 5.91 Å². The Morgan fingerprint density at radius 2 is 1.95 bits per heavy atom. The Morgan fingerprint density at radius 1 is 1.37 bits per heavy atom. The van der Waals surface area contributed by atoms with Crippen LogP contribution in [0.1, 0.15) is 27.2 Å². The molecule has 106 valence electrons. The lowest BCUT2D eigenvalue weighted by Gasteiger charge is -2.21. The molecule has 0 saturated heterocycles. The van der Waals surface area contributed by atoms with E-state index in [2.05, 4.69) is 16.6 Å². The Labute approximate surface area is 111 Å². The molecular formula is C12H18N2O5. The standard InChI is InChI=1S/C12H18N2O5/c1-5-6-13-9(15)7-8(10(16)17)14-11(18)19-12(2,3)4/h1,8H,6-7H2,2-4H3,(H,13,15)(H,14,18)(H,16,17)/t8-/m0/s1. The van der Waals surface area contributed by atoms with Crippen molar-refractivity contribution in [1.82, 2.24) is 10.6 Å². The van der Waals surface area contributed by atoms with Crippen LogP contribution >= 0.6 is 0 Å². The number of ether oxygens (including phenoxy) is 1. The van der Waals surface area contributed by atoms with Crippen LogP contribution in [0.3, 0.4) is 0 Å². The molecule has 0 aliphatic carbocycles. The van der Waals surface area contributed by atoms with E-state index in [0.717, 1.165) is 0 Å². The fourth-order valence-electron chi connectivity index (χ4n) is 1.06. The first-order valence-corrected chi connectivity index (χ1v) is 5.58. The molecule has 0 spiro atoms. The summed E-state index contributed by atoms with van der Waals surface area (Å²) < 4.78 is 4.90. The van der Waals surface area contributed by atoms with E-state index < -0.39 is 36.0 Å². The summed E-state index contributed by atoms with van der Waals surface area (Å²) in [5, 5.41) is 13.3. The van der Waals surface area contributed by atoms with Gasteiger partial charge >= 0.3 is 12.1 Å². The molecule has 0 rings (SSSR count). The van der Waals surface area contributed by atoms with E-state index in [1.807, 2.05) is 0 Å². The maximum absolute atomic E-state index is 11.4. The van der Waals surface area contributed by atoms with Gasteiger partial charge in [0.25, 0.3) is 0 Å². The normalized spacial score (nSPS) is 11.9. The molecule has 0 radical (unpaired) electrons. The molecule has 19 heavy (non-hydrogen) atoms. The minimum absolute atomic E-state index is 0.00237. The van der Waals surface area contributed by atoms with E-state index in [1.54, 1.807) is 20.8 Å². The predicted octanol–water partition coefficient (Wildman–Crippen LogP) is 0.104. The number of rotatable bonds is 5. The van der Waals surface area contributed by atoms with Gasteiger partial charge in [0.1, 0.15) is 11.6 Å². The van der Waals surface area contributed by atoms with Crippen molar-refractivity contribution in [2.45, 2.75) is 38.8 Å². The number of carboxylic acids is 1. The van der Waals surface area contributed by atoms with Crippen LogP contribution < -0.4 is 10.6 Å². The Bertz CT molecular complexity index is 392. The number of carboxylic acid groups (broad SMARTS) is 1. The van der Waals surface area contributed by atoms with Gasteiger partial charge in [-0.3, -0.25) is 4.79 Å². The van der Waals surface area contributed by atoms with Gasteiger partial charge in [0, 0.05) is 0 Å². The van der Waals surface area contributed by atoms with Crippen molar-refractivity contribution in [1.29, 1.82) is 0 Å². The van der Waals surface area contributed by atoms with Gasteiger partial charge in [-0.2, -0.15) is 0 Å². The molecule has 7 nitrogen and oxygen atoms in total. The topological polar surface area (TPSA) is 105 Å². The summed E-state index contributed by atoms with van der Waals surface area (Å²) in [6.07, 6.45) is 3.63. The highest BCUT2D eigenvalue weighted by molar-refractivity contribution is 5.87. The second-order valence-corrected chi connectivity index (χ2v) is 4.72. The maximum Gasteiger partial charge on any atom is 0.408 e. The molecule has 1 atom stereocenters. The van der Waals surface area contributed by atoms with E-state index in [1.165, 1.54) is 0 Å². The fourth-order valence-corrected chi connectivity index (χ4v) is 1.06. The van der Waals surface area contributed by atoms with Crippen LogP contribution in [0, 0.1) is 12.3 Å². The lowest BCUT2D eigenvalue weighted by Crippen LogP contribution is -2.46. The zero-order chi connectivity index (χ0) is 15.1. The van der Waals surface area contributed by atoms with Gasteiger partial charge in [-0.05, 0) is 20.8 Å². The lowest BCUT2D eigenvalue weighted by molar-refractivity contribution is -0.141. The molecule has 0 aliphatic heterocycles. The molecule has 0 fully saturated rings. The first-order chi connectivity index (χ1) is 8.65. The van der Waals surface area contributed by atoms with Crippen LogP contribution in [0.4, 0.5) is 4.79 Å². The number of nitrogens with one attached hydrogen (secondary N) is 2. The third kappa shape index (κ3) is 8.49. The fraction of sp³-hybridized carbons (Fsp3) is 0.583. The molecule has 3 N–H and O–H groups in total. The number of aliphatic carboxylic acids is 1. The van der Waals surface area contributed by atoms with Crippen LogP contribution in [0.15, 0.2) is 0 Å². The van der Waals surface area contributed by atoms with Crippen LogP contribution in [0.2, 0.25) is 0 Å². The van der Waals surface area contributed by atoms with E-state index >= 15 is 0 Å². The zero-order valence-electron chi connectivity index (χ0n) is 11.1. The van der Waals surface area contributed by atoms with Crippen LogP contribution in [0.5, 0.6) is 0 Å². The Balaban J connectivity index is 4.43. The van der Waals surface area contributed by atoms with E-state index in [-0.39, 0.29) is 6.54 Å². The van der Waals surface area contributed by atoms with E-state index in [9.17, 15) is 14.4 Å². The van der Waals surface area contributed by atoms with Gasteiger partial charge in [0.05, 0.1) is 13.0 Å². The highest BCUT2D eigenvalue weighted by Gasteiger charge is 2.25. The summed E-state index contributed by atoms with van der Waals surface area (Å²) in [6, 6.07) is -1.37. The third-order valence-corrected chi connectivity index (χ3v) is 1.77. The number of carbonyl (C=O) groups excluding carboxylic acids is 2. The predicted molar refractivity (Wildman–Crippen MR) is 67.3 cm³/mol. The van der Waals surface area contributed by atoms with Crippen molar-refractivity contribution < 1.29 is 24.2 Å². The molecule has 0 saturated carbocycles. The average molecular weight is 270 g/mol.